The summed E-state index contributed by atoms with van der Waals surface area (Å²) in [6.07, 6.45) is 0. The quantitative estimate of drug-likeness (QED) is 0.425. The Morgan fingerprint density at radius 3 is 1.33 bits per heavy atom. The predicted molar refractivity (Wildman–Crippen MR) is 105 cm³/mol. The number of hydrogen-bond acceptors (Lipinski definition) is 8. The van der Waals surface area contributed by atoms with E-state index in [0.717, 1.165) is 0 Å². The average molecular weight is 402 g/mol. The van der Waals surface area contributed by atoms with Crippen LogP contribution in [0.2, 0.25) is 0 Å². The molecule has 10 nitrogen and oxygen atoms in total. The van der Waals surface area contributed by atoms with Crippen molar-refractivity contribution in [3.63, 3.8) is 0 Å². The fourth-order valence-electron chi connectivity index (χ4n) is 3.40. The molecule has 2 aromatic carbocycles. The lowest BCUT2D eigenvalue weighted by atomic mass is 9.79. The molecule has 0 spiro atoms. The van der Waals surface area contributed by atoms with Crippen LogP contribution in [0.15, 0.2) is 60.7 Å². The van der Waals surface area contributed by atoms with E-state index in [1.165, 1.54) is 9.36 Å². The maximum atomic E-state index is 13.6. The molecular weight excluding hydrogens is 384 g/mol. The summed E-state index contributed by atoms with van der Waals surface area (Å²) in [6.45, 7) is 0. The average Bonchev–Trinajstić information content (AvgIpc) is 3.40. The molecule has 0 fully saturated rings. The lowest BCUT2D eigenvalue weighted by molar-refractivity contribution is 0.0854. The van der Waals surface area contributed by atoms with E-state index in [1.54, 1.807) is 62.6 Å². The van der Waals surface area contributed by atoms with Crippen molar-refractivity contribution in [1.29, 1.82) is 0 Å². The lowest BCUT2D eigenvalue weighted by Crippen LogP contribution is -2.31. The molecule has 150 valence electrons. The number of ketones is 2. The normalized spacial score (nSPS) is 13.0. The number of tetrazole rings is 2. The molecule has 4 rings (SSSR count). The van der Waals surface area contributed by atoms with Gasteiger partial charge in [0.1, 0.15) is 11.8 Å². The van der Waals surface area contributed by atoms with Gasteiger partial charge < -0.3 is 0 Å². The van der Waals surface area contributed by atoms with E-state index in [4.69, 9.17) is 0 Å². The van der Waals surface area contributed by atoms with Crippen LogP contribution in [-0.2, 0) is 14.1 Å². The largest absolute Gasteiger partial charge is 0.293 e. The highest BCUT2D eigenvalue weighted by Crippen LogP contribution is 2.36. The van der Waals surface area contributed by atoms with Crippen molar-refractivity contribution in [3.05, 3.63) is 83.4 Å². The molecule has 10 heteroatoms. The summed E-state index contributed by atoms with van der Waals surface area (Å²) in [6, 6.07) is 17.4. The maximum Gasteiger partial charge on any atom is 0.174 e. The standard InChI is InChI=1S/C20H18N8O2/c1-27-19(21-23-25-27)15(17(29)13-9-5-3-6-10-13)16(20-22-24-26-28(20)2)18(30)14-11-7-4-8-12-14/h3-12,15-16H,1-2H3/t15-,16-/m1/s1. The van der Waals surface area contributed by atoms with Gasteiger partial charge in [-0.3, -0.25) is 9.59 Å². The molecule has 4 aromatic rings. The topological polar surface area (TPSA) is 121 Å². The minimum atomic E-state index is -1.02. The van der Waals surface area contributed by atoms with Crippen LogP contribution in [0.3, 0.4) is 0 Å². The Bertz CT molecular complexity index is 1080. The molecule has 0 saturated carbocycles. The van der Waals surface area contributed by atoms with E-state index in [1.807, 2.05) is 12.1 Å². The molecular formula is C20H18N8O2. The monoisotopic (exact) mass is 402 g/mol. The number of hydrogen-bond donors (Lipinski definition) is 0. The third-order valence-corrected chi connectivity index (χ3v) is 4.88. The predicted octanol–water partition coefficient (Wildman–Crippen LogP) is 1.37. The van der Waals surface area contributed by atoms with Gasteiger partial charge in [0.05, 0.1) is 0 Å². The van der Waals surface area contributed by atoms with Gasteiger partial charge in [0.2, 0.25) is 0 Å². The number of rotatable bonds is 7. The van der Waals surface area contributed by atoms with Gasteiger partial charge in [0.25, 0.3) is 0 Å². The molecule has 2 heterocycles. The highest BCUT2D eigenvalue weighted by molar-refractivity contribution is 6.09. The van der Waals surface area contributed by atoms with Crippen LogP contribution < -0.4 is 0 Å². The zero-order valence-corrected chi connectivity index (χ0v) is 16.3. The second-order valence-corrected chi connectivity index (χ2v) is 6.74. The molecule has 0 aliphatic heterocycles. The van der Waals surface area contributed by atoms with Gasteiger partial charge in [-0.25, -0.2) is 9.36 Å². The Kier molecular flexibility index (Phi) is 5.21. The van der Waals surface area contributed by atoms with E-state index in [2.05, 4.69) is 31.1 Å². The zero-order valence-electron chi connectivity index (χ0n) is 16.3. The van der Waals surface area contributed by atoms with E-state index in [0.29, 0.717) is 11.1 Å². The number of aromatic nitrogens is 8. The maximum absolute atomic E-state index is 13.6. The van der Waals surface area contributed by atoms with Crippen molar-refractivity contribution in [2.24, 2.45) is 14.1 Å². The Balaban J connectivity index is 1.92. The summed E-state index contributed by atoms with van der Waals surface area (Å²) in [5.74, 6) is -2.14. The van der Waals surface area contributed by atoms with Crippen molar-refractivity contribution < 1.29 is 9.59 Å². The molecule has 0 unspecified atom stereocenters. The molecule has 2 aromatic heterocycles. The molecule has 0 saturated heterocycles. The van der Waals surface area contributed by atoms with Crippen LogP contribution in [0, 0.1) is 0 Å². The van der Waals surface area contributed by atoms with E-state index >= 15 is 0 Å². The first-order valence-corrected chi connectivity index (χ1v) is 9.21. The highest BCUT2D eigenvalue weighted by Gasteiger charge is 2.42. The first-order valence-electron chi connectivity index (χ1n) is 9.21. The molecule has 0 radical (unpaired) electrons. The summed E-state index contributed by atoms with van der Waals surface area (Å²) in [5.41, 5.74) is 0.873. The van der Waals surface area contributed by atoms with Crippen molar-refractivity contribution in [1.82, 2.24) is 40.4 Å². The third-order valence-electron chi connectivity index (χ3n) is 4.88. The van der Waals surface area contributed by atoms with Crippen LogP contribution in [0.5, 0.6) is 0 Å². The van der Waals surface area contributed by atoms with Crippen molar-refractivity contribution in [2.45, 2.75) is 11.8 Å². The van der Waals surface area contributed by atoms with Crippen LogP contribution in [0.25, 0.3) is 0 Å². The van der Waals surface area contributed by atoms with Crippen LogP contribution in [0.1, 0.15) is 44.2 Å². The lowest BCUT2D eigenvalue weighted by Gasteiger charge is -2.23. The minimum absolute atomic E-state index is 0.251. The van der Waals surface area contributed by atoms with Gasteiger partial charge in [-0.15, -0.1) is 10.2 Å². The number of carbonyl (C=O) groups excluding carboxylic acids is 2. The van der Waals surface area contributed by atoms with Crippen LogP contribution in [-0.4, -0.2) is 52.0 Å². The minimum Gasteiger partial charge on any atom is -0.293 e. The summed E-state index contributed by atoms with van der Waals surface area (Å²) >= 11 is 0. The van der Waals surface area contributed by atoms with Crippen molar-refractivity contribution >= 4 is 11.6 Å². The molecule has 2 atom stereocenters. The summed E-state index contributed by atoms with van der Waals surface area (Å²) in [4.78, 5) is 27.3. The van der Waals surface area contributed by atoms with E-state index < -0.39 is 11.8 Å². The van der Waals surface area contributed by atoms with Crippen LogP contribution in [0.4, 0.5) is 0 Å². The second kappa shape index (κ2) is 8.11. The van der Waals surface area contributed by atoms with E-state index in [9.17, 15) is 9.59 Å². The Hall–Kier alpha value is -4.08. The van der Waals surface area contributed by atoms with Gasteiger partial charge in [-0.2, -0.15) is 0 Å². The second-order valence-electron chi connectivity index (χ2n) is 6.74. The van der Waals surface area contributed by atoms with E-state index in [-0.39, 0.29) is 23.2 Å². The first kappa shape index (κ1) is 19.2. The van der Waals surface area contributed by atoms with Gasteiger partial charge in [-0.05, 0) is 20.9 Å². The third kappa shape index (κ3) is 3.50. The van der Waals surface area contributed by atoms with Crippen LogP contribution >= 0.6 is 0 Å². The number of carbonyl (C=O) groups is 2. The van der Waals surface area contributed by atoms with Gasteiger partial charge >= 0.3 is 0 Å². The number of aryl methyl sites for hydroxylation is 2. The highest BCUT2D eigenvalue weighted by atomic mass is 16.1. The fourth-order valence-corrected chi connectivity index (χ4v) is 3.40. The molecule has 0 amide bonds. The van der Waals surface area contributed by atoms with Crippen molar-refractivity contribution in [3.8, 4) is 0 Å². The summed E-state index contributed by atoms with van der Waals surface area (Å²) < 4.78 is 2.78. The van der Waals surface area contributed by atoms with Gasteiger partial charge in [0, 0.05) is 25.2 Å². The summed E-state index contributed by atoms with van der Waals surface area (Å²) in [5, 5.41) is 23.2. The Morgan fingerprint density at radius 2 is 1.03 bits per heavy atom. The molecule has 0 aliphatic rings. The van der Waals surface area contributed by atoms with Crippen molar-refractivity contribution in [2.75, 3.05) is 0 Å². The summed E-state index contributed by atoms with van der Waals surface area (Å²) in [7, 11) is 3.25. The van der Waals surface area contributed by atoms with Gasteiger partial charge in [0.15, 0.2) is 23.2 Å². The Morgan fingerprint density at radius 1 is 0.667 bits per heavy atom. The van der Waals surface area contributed by atoms with Gasteiger partial charge in [-0.1, -0.05) is 60.7 Å². The Labute approximate surface area is 171 Å². The number of nitrogens with zero attached hydrogens (tertiary/aromatic N) is 8. The molecule has 0 aliphatic carbocycles. The molecule has 0 N–H and O–H groups in total. The molecule has 30 heavy (non-hydrogen) atoms. The number of Topliss-reactive ketones (excluding diaryl/α,β-unsaturated/α-hetero) is 2. The first-order chi connectivity index (χ1) is 14.6. The fraction of sp³-hybridized carbons (Fsp3) is 0.200. The smallest absolute Gasteiger partial charge is 0.174 e. The SMILES string of the molecule is Cn1nnnc1[C@@H](C(=O)c1ccccc1)[C@H](C(=O)c1ccccc1)c1nnnn1C. The zero-order chi connectivity index (χ0) is 21.1. The number of benzene rings is 2. The molecule has 0 bridgehead atoms.